The highest BCUT2D eigenvalue weighted by molar-refractivity contribution is 7.83. The Bertz CT molecular complexity index is 268. The van der Waals surface area contributed by atoms with Gasteiger partial charge < -0.3 is 5.32 Å². The first-order chi connectivity index (χ1) is 8.52. The van der Waals surface area contributed by atoms with E-state index in [0.29, 0.717) is 6.04 Å². The highest BCUT2D eigenvalue weighted by Crippen LogP contribution is 2.08. The van der Waals surface area contributed by atoms with Gasteiger partial charge in [0.1, 0.15) is 0 Å². The van der Waals surface area contributed by atoms with Crippen LogP contribution in [0.3, 0.4) is 0 Å². The van der Waals surface area contributed by atoms with Crippen molar-refractivity contribution in [1.82, 2.24) is 5.32 Å². The molecule has 0 aliphatic heterocycles. The zero-order chi connectivity index (χ0) is 15.5. The standard InChI is InChI=1S/C13H29N.H3NO3S/c1-11(2)7-6-8-13(5)14-10-9-12(3)4;1-5(2,3)4/h11-14H,6-10H2,1-5H3;(H3,1,2,3,4). The Hall–Kier alpha value is -0.170. The van der Waals surface area contributed by atoms with Gasteiger partial charge in [-0.15, -0.1) is 0 Å². The molecule has 0 amide bonds. The SMILES string of the molecule is CC(C)CCCC(C)NCCC(C)C.NS(=O)(=O)O. The van der Waals surface area contributed by atoms with E-state index >= 15 is 0 Å². The van der Waals surface area contributed by atoms with Gasteiger partial charge in [0.2, 0.25) is 0 Å². The molecular formula is C13H32N2O3S. The van der Waals surface area contributed by atoms with Crippen molar-refractivity contribution >= 4 is 10.3 Å². The molecule has 0 rings (SSSR count). The van der Waals surface area contributed by atoms with Gasteiger partial charge in [-0.1, -0.05) is 40.5 Å². The Labute approximate surface area is 119 Å². The minimum Gasteiger partial charge on any atom is -0.314 e. The normalized spacial score (nSPS) is 13.3. The van der Waals surface area contributed by atoms with Crippen molar-refractivity contribution in [3.63, 3.8) is 0 Å². The minimum atomic E-state index is -4.17. The molecule has 0 aromatic heterocycles. The molecule has 5 nitrogen and oxygen atoms in total. The summed E-state index contributed by atoms with van der Waals surface area (Å²) in [7, 11) is -4.17. The van der Waals surface area contributed by atoms with Crippen molar-refractivity contribution in [3.8, 4) is 0 Å². The molecule has 0 spiro atoms. The molecule has 0 heterocycles. The number of hydrogen-bond donors (Lipinski definition) is 3. The van der Waals surface area contributed by atoms with E-state index in [-0.39, 0.29) is 0 Å². The van der Waals surface area contributed by atoms with Crippen LogP contribution >= 0.6 is 0 Å². The highest BCUT2D eigenvalue weighted by Gasteiger charge is 2.02. The zero-order valence-corrected chi connectivity index (χ0v) is 13.8. The first-order valence-electron chi connectivity index (χ1n) is 7.01. The van der Waals surface area contributed by atoms with Crippen LogP contribution < -0.4 is 10.5 Å². The lowest BCUT2D eigenvalue weighted by Crippen LogP contribution is -2.27. The maximum Gasteiger partial charge on any atom is 0.330 e. The predicted molar refractivity (Wildman–Crippen MR) is 81.3 cm³/mol. The minimum absolute atomic E-state index is 0.701. The topological polar surface area (TPSA) is 92.4 Å². The van der Waals surface area contributed by atoms with Crippen LogP contribution in [0, 0.1) is 11.8 Å². The van der Waals surface area contributed by atoms with Crippen LogP contribution in [0.5, 0.6) is 0 Å². The van der Waals surface area contributed by atoms with Crippen molar-refractivity contribution in [2.45, 2.75) is 66.3 Å². The molecule has 6 heteroatoms. The molecule has 0 aliphatic carbocycles. The van der Waals surface area contributed by atoms with Crippen LogP contribution in [-0.2, 0) is 10.3 Å². The molecule has 0 saturated heterocycles. The van der Waals surface area contributed by atoms with Crippen LogP contribution in [0.25, 0.3) is 0 Å². The Kier molecular flexibility index (Phi) is 12.9. The lowest BCUT2D eigenvalue weighted by Gasteiger charge is -2.15. The highest BCUT2D eigenvalue weighted by atomic mass is 32.2. The van der Waals surface area contributed by atoms with Gasteiger partial charge in [0, 0.05) is 6.04 Å². The Balaban J connectivity index is 0. The zero-order valence-electron chi connectivity index (χ0n) is 13.0. The maximum atomic E-state index is 8.97. The molecule has 0 saturated carbocycles. The smallest absolute Gasteiger partial charge is 0.314 e. The summed E-state index contributed by atoms with van der Waals surface area (Å²) in [6.07, 6.45) is 5.37. The lowest BCUT2D eigenvalue weighted by atomic mass is 10.0. The molecule has 0 aromatic carbocycles. The van der Waals surface area contributed by atoms with Gasteiger partial charge >= 0.3 is 10.3 Å². The second-order valence-corrected chi connectivity index (χ2v) is 6.91. The largest absolute Gasteiger partial charge is 0.330 e. The summed E-state index contributed by atoms with van der Waals surface area (Å²) in [5, 5.41) is 7.47. The van der Waals surface area contributed by atoms with Gasteiger partial charge in [0.25, 0.3) is 0 Å². The second kappa shape index (κ2) is 11.6. The third-order valence-electron chi connectivity index (χ3n) is 2.63. The molecule has 0 bridgehead atoms. The fraction of sp³-hybridized carbons (Fsp3) is 1.00. The predicted octanol–water partition coefficient (Wildman–Crippen LogP) is 2.58. The van der Waals surface area contributed by atoms with E-state index in [0.717, 1.165) is 11.8 Å². The number of nitrogens with one attached hydrogen (secondary N) is 1. The summed E-state index contributed by atoms with van der Waals surface area (Å²) in [5.41, 5.74) is 0. The van der Waals surface area contributed by atoms with E-state index < -0.39 is 10.3 Å². The van der Waals surface area contributed by atoms with E-state index in [1.807, 2.05) is 0 Å². The average molecular weight is 296 g/mol. The molecule has 118 valence electrons. The monoisotopic (exact) mass is 296 g/mol. The molecule has 0 radical (unpaired) electrons. The fourth-order valence-electron chi connectivity index (χ4n) is 1.55. The fourth-order valence-corrected chi connectivity index (χ4v) is 1.55. The lowest BCUT2D eigenvalue weighted by molar-refractivity contribution is 0.438. The maximum absolute atomic E-state index is 8.97. The average Bonchev–Trinajstić information content (AvgIpc) is 2.13. The third-order valence-corrected chi connectivity index (χ3v) is 2.63. The summed E-state index contributed by atoms with van der Waals surface area (Å²) in [6, 6.07) is 0.701. The Morgan fingerprint density at radius 1 is 1.00 bits per heavy atom. The third kappa shape index (κ3) is 31.9. The van der Waals surface area contributed by atoms with Crippen molar-refractivity contribution in [3.05, 3.63) is 0 Å². The number of hydrogen-bond acceptors (Lipinski definition) is 3. The van der Waals surface area contributed by atoms with Crippen LogP contribution in [0.2, 0.25) is 0 Å². The first-order valence-corrected chi connectivity index (χ1v) is 8.51. The van der Waals surface area contributed by atoms with Crippen molar-refractivity contribution in [2.75, 3.05) is 6.54 Å². The number of nitrogens with two attached hydrogens (primary N) is 1. The van der Waals surface area contributed by atoms with E-state index in [1.54, 1.807) is 0 Å². The van der Waals surface area contributed by atoms with E-state index in [4.69, 9.17) is 13.0 Å². The van der Waals surface area contributed by atoms with Crippen LogP contribution in [0.15, 0.2) is 0 Å². The van der Waals surface area contributed by atoms with Gasteiger partial charge in [-0.2, -0.15) is 8.42 Å². The molecule has 0 aromatic rings. The van der Waals surface area contributed by atoms with Crippen molar-refractivity contribution < 1.29 is 13.0 Å². The van der Waals surface area contributed by atoms with Gasteiger partial charge in [-0.25, -0.2) is 5.14 Å². The van der Waals surface area contributed by atoms with E-state index in [9.17, 15) is 0 Å². The van der Waals surface area contributed by atoms with E-state index in [1.165, 1.54) is 32.2 Å². The van der Waals surface area contributed by atoms with Crippen LogP contribution in [-0.4, -0.2) is 25.6 Å². The van der Waals surface area contributed by atoms with Gasteiger partial charge in [-0.3, -0.25) is 4.55 Å². The first kappa shape index (κ1) is 21.1. The second-order valence-electron chi connectivity index (χ2n) is 5.88. The molecule has 19 heavy (non-hydrogen) atoms. The van der Waals surface area contributed by atoms with Crippen LogP contribution in [0.1, 0.15) is 60.3 Å². The summed E-state index contributed by atoms with van der Waals surface area (Å²) in [5.74, 6) is 1.68. The Morgan fingerprint density at radius 2 is 1.42 bits per heavy atom. The summed E-state index contributed by atoms with van der Waals surface area (Å²) in [6.45, 7) is 12.7. The van der Waals surface area contributed by atoms with E-state index in [2.05, 4.69) is 45.1 Å². The van der Waals surface area contributed by atoms with Crippen molar-refractivity contribution in [1.29, 1.82) is 0 Å². The quantitative estimate of drug-likeness (QED) is 0.600. The molecule has 4 N–H and O–H groups in total. The number of rotatable bonds is 8. The molecule has 0 aliphatic rings. The van der Waals surface area contributed by atoms with Crippen LogP contribution in [0.4, 0.5) is 0 Å². The molecule has 1 unspecified atom stereocenters. The summed E-state index contributed by atoms with van der Waals surface area (Å²) < 4.78 is 25.2. The summed E-state index contributed by atoms with van der Waals surface area (Å²) >= 11 is 0. The molecule has 1 atom stereocenters. The van der Waals surface area contributed by atoms with Gasteiger partial charge in [0.05, 0.1) is 0 Å². The molecule has 0 fully saturated rings. The molecular weight excluding hydrogens is 264 g/mol. The summed E-state index contributed by atoms with van der Waals surface area (Å²) in [4.78, 5) is 0. The van der Waals surface area contributed by atoms with Crippen molar-refractivity contribution in [2.24, 2.45) is 17.0 Å². The Morgan fingerprint density at radius 3 is 1.79 bits per heavy atom. The van der Waals surface area contributed by atoms with Gasteiger partial charge in [-0.05, 0) is 38.1 Å². The van der Waals surface area contributed by atoms with Gasteiger partial charge in [0.15, 0.2) is 0 Å².